The lowest BCUT2D eigenvalue weighted by Crippen LogP contribution is -2.30. The molecule has 0 bridgehead atoms. The van der Waals surface area contributed by atoms with Crippen LogP contribution in [0.15, 0.2) is 12.2 Å². The van der Waals surface area contributed by atoms with Gasteiger partial charge in [0.1, 0.15) is 5.00 Å². The lowest BCUT2D eigenvalue weighted by molar-refractivity contribution is -0.119. The van der Waals surface area contributed by atoms with Crippen molar-refractivity contribution < 1.29 is 19.1 Å². The Morgan fingerprint density at radius 1 is 1.28 bits per heavy atom. The summed E-state index contributed by atoms with van der Waals surface area (Å²) in [6.45, 7) is 8.68. The Hall–Kier alpha value is -1.95. The van der Waals surface area contributed by atoms with Gasteiger partial charge in [0.05, 0.1) is 12.2 Å². The van der Waals surface area contributed by atoms with Crippen molar-refractivity contribution in [1.82, 2.24) is 0 Å². The van der Waals surface area contributed by atoms with Crippen LogP contribution in [-0.4, -0.2) is 24.4 Å². The van der Waals surface area contributed by atoms with Gasteiger partial charge in [0.15, 0.2) is 0 Å². The molecule has 0 aromatic carbocycles. The molecule has 0 fully saturated rings. The highest BCUT2D eigenvalue weighted by atomic mass is 32.1. The Labute approximate surface area is 151 Å². The van der Waals surface area contributed by atoms with Crippen LogP contribution in [0.25, 0.3) is 0 Å². The van der Waals surface area contributed by atoms with E-state index in [-0.39, 0.29) is 12.0 Å². The molecular weight excluding hydrogens is 338 g/mol. The number of nitrogens with zero attached hydrogens (tertiary/aromatic N) is 1. The summed E-state index contributed by atoms with van der Waals surface area (Å²) in [6.07, 6.45) is 5.10. The van der Waals surface area contributed by atoms with Crippen molar-refractivity contribution in [1.29, 1.82) is 0 Å². The third kappa shape index (κ3) is 3.15. The van der Waals surface area contributed by atoms with Crippen LogP contribution in [0.4, 0.5) is 5.00 Å². The van der Waals surface area contributed by atoms with Crippen molar-refractivity contribution in [3.8, 4) is 0 Å². The van der Waals surface area contributed by atoms with Crippen molar-refractivity contribution in [2.24, 2.45) is 11.3 Å². The summed E-state index contributed by atoms with van der Waals surface area (Å²) in [6, 6.07) is 0. The van der Waals surface area contributed by atoms with E-state index in [4.69, 9.17) is 4.74 Å². The molecule has 1 aromatic heterocycles. The molecule has 2 aliphatic rings. The molecule has 0 radical (unpaired) electrons. The van der Waals surface area contributed by atoms with E-state index < -0.39 is 17.8 Å². The molecule has 25 heavy (non-hydrogen) atoms. The van der Waals surface area contributed by atoms with Crippen LogP contribution in [0.2, 0.25) is 0 Å². The first-order chi connectivity index (χ1) is 11.7. The highest BCUT2D eigenvalue weighted by Gasteiger charge is 2.38. The number of rotatable bonds is 3. The number of carbonyl (C=O) groups is 3. The van der Waals surface area contributed by atoms with Gasteiger partial charge in [-0.05, 0) is 43.1 Å². The monoisotopic (exact) mass is 361 g/mol. The van der Waals surface area contributed by atoms with E-state index in [9.17, 15) is 14.4 Å². The van der Waals surface area contributed by atoms with Crippen LogP contribution in [0.1, 0.15) is 54.9 Å². The van der Waals surface area contributed by atoms with Crippen molar-refractivity contribution in [2.75, 3.05) is 11.5 Å². The first kappa shape index (κ1) is 17.9. The standard InChI is InChI=1S/C19H23NO4S/c1-5-24-18(23)16-12-7-6-11(19(2,3)4)10-13(12)25-17(16)20-14(21)8-9-15(20)22/h8-9,11H,5-7,10H2,1-4H3/t11-/m1/s1. The van der Waals surface area contributed by atoms with E-state index in [0.29, 0.717) is 16.5 Å². The lowest BCUT2D eigenvalue weighted by atomic mass is 9.72. The molecule has 2 amide bonds. The summed E-state index contributed by atoms with van der Waals surface area (Å²) in [5.41, 5.74) is 1.53. The molecule has 0 N–H and O–H groups in total. The second-order valence-corrected chi connectivity index (χ2v) is 8.64. The average Bonchev–Trinajstić information content (AvgIpc) is 3.05. The quantitative estimate of drug-likeness (QED) is 0.610. The maximum atomic E-state index is 12.6. The van der Waals surface area contributed by atoms with E-state index in [1.165, 1.54) is 23.5 Å². The first-order valence-corrected chi connectivity index (χ1v) is 9.43. The number of anilines is 1. The number of amides is 2. The van der Waals surface area contributed by atoms with Gasteiger partial charge in [-0.1, -0.05) is 20.8 Å². The normalized spacial score (nSPS) is 20.2. The zero-order valence-corrected chi connectivity index (χ0v) is 15.9. The van der Waals surface area contributed by atoms with Crippen LogP contribution in [0, 0.1) is 11.3 Å². The predicted molar refractivity (Wildman–Crippen MR) is 96.9 cm³/mol. The molecule has 134 valence electrons. The number of fused-ring (bicyclic) bond motifs is 1. The van der Waals surface area contributed by atoms with E-state index in [1.54, 1.807) is 6.92 Å². The maximum Gasteiger partial charge on any atom is 0.341 e. The maximum absolute atomic E-state index is 12.6. The Kier molecular flexibility index (Phi) is 4.58. The molecule has 0 saturated carbocycles. The van der Waals surface area contributed by atoms with E-state index in [1.807, 2.05) is 0 Å². The molecule has 2 heterocycles. The minimum absolute atomic E-state index is 0.173. The van der Waals surface area contributed by atoms with Gasteiger partial charge in [-0.2, -0.15) is 0 Å². The van der Waals surface area contributed by atoms with Crippen LogP contribution < -0.4 is 4.90 Å². The summed E-state index contributed by atoms with van der Waals surface area (Å²) in [4.78, 5) is 39.0. The van der Waals surface area contributed by atoms with Crippen molar-refractivity contribution in [3.05, 3.63) is 28.2 Å². The SMILES string of the molecule is CCOC(=O)c1c(N2C(=O)C=CC2=O)sc2c1CC[C@@H](C(C)(C)C)C2. The molecule has 1 aliphatic carbocycles. The number of imide groups is 1. The zero-order valence-electron chi connectivity index (χ0n) is 15.0. The largest absolute Gasteiger partial charge is 0.462 e. The Balaban J connectivity index is 2.07. The number of esters is 1. The third-order valence-corrected chi connectivity index (χ3v) is 6.20. The number of hydrogen-bond donors (Lipinski definition) is 0. The molecule has 1 aromatic rings. The van der Waals surface area contributed by atoms with E-state index in [2.05, 4.69) is 20.8 Å². The van der Waals surface area contributed by atoms with Crippen molar-refractivity contribution >= 4 is 34.1 Å². The molecule has 1 aliphatic heterocycles. The minimum Gasteiger partial charge on any atom is -0.462 e. The first-order valence-electron chi connectivity index (χ1n) is 8.61. The van der Waals surface area contributed by atoms with Crippen LogP contribution in [-0.2, 0) is 27.2 Å². The number of carbonyl (C=O) groups excluding carboxylic acids is 3. The van der Waals surface area contributed by atoms with Gasteiger partial charge in [0, 0.05) is 17.0 Å². The van der Waals surface area contributed by atoms with Crippen molar-refractivity contribution in [3.63, 3.8) is 0 Å². The molecular formula is C19H23NO4S. The molecule has 0 spiro atoms. The fraction of sp³-hybridized carbons (Fsp3) is 0.526. The third-order valence-electron chi connectivity index (χ3n) is 4.96. The molecule has 0 saturated heterocycles. The summed E-state index contributed by atoms with van der Waals surface area (Å²) >= 11 is 1.38. The topological polar surface area (TPSA) is 63.7 Å². The summed E-state index contributed by atoms with van der Waals surface area (Å²) < 4.78 is 5.22. The van der Waals surface area contributed by atoms with E-state index >= 15 is 0 Å². The van der Waals surface area contributed by atoms with Gasteiger partial charge in [-0.15, -0.1) is 11.3 Å². The van der Waals surface area contributed by atoms with Gasteiger partial charge in [0.25, 0.3) is 11.8 Å². The Morgan fingerprint density at radius 2 is 1.92 bits per heavy atom. The Bertz CT molecular complexity index is 751. The Morgan fingerprint density at radius 3 is 2.48 bits per heavy atom. The smallest absolute Gasteiger partial charge is 0.341 e. The van der Waals surface area contributed by atoms with Crippen LogP contribution in [0.5, 0.6) is 0 Å². The van der Waals surface area contributed by atoms with Gasteiger partial charge < -0.3 is 4.74 Å². The highest BCUT2D eigenvalue weighted by Crippen LogP contribution is 2.46. The zero-order chi connectivity index (χ0) is 18.4. The lowest BCUT2D eigenvalue weighted by Gasteiger charge is -2.33. The molecule has 6 heteroatoms. The van der Waals surface area contributed by atoms with Gasteiger partial charge >= 0.3 is 5.97 Å². The van der Waals surface area contributed by atoms with Gasteiger partial charge in [0.2, 0.25) is 0 Å². The summed E-state index contributed by atoms with van der Waals surface area (Å²) in [7, 11) is 0. The van der Waals surface area contributed by atoms with Crippen LogP contribution >= 0.6 is 11.3 Å². The molecule has 5 nitrogen and oxygen atoms in total. The average molecular weight is 361 g/mol. The second-order valence-electron chi connectivity index (χ2n) is 7.56. The van der Waals surface area contributed by atoms with Crippen LogP contribution in [0.3, 0.4) is 0 Å². The van der Waals surface area contributed by atoms with Crippen molar-refractivity contribution in [2.45, 2.75) is 47.0 Å². The van der Waals surface area contributed by atoms with Gasteiger partial charge in [-0.3, -0.25) is 9.59 Å². The molecule has 1 atom stereocenters. The van der Waals surface area contributed by atoms with Gasteiger partial charge in [-0.25, -0.2) is 9.69 Å². The highest BCUT2D eigenvalue weighted by molar-refractivity contribution is 7.17. The number of ether oxygens (including phenoxy) is 1. The minimum atomic E-state index is -0.447. The second kappa shape index (κ2) is 6.41. The summed E-state index contributed by atoms with van der Waals surface area (Å²) in [5, 5.41) is 0.415. The predicted octanol–water partition coefficient (Wildman–Crippen LogP) is 3.51. The fourth-order valence-corrected chi connectivity index (χ4v) is 4.91. The summed E-state index contributed by atoms with van der Waals surface area (Å²) in [5.74, 6) is -0.746. The fourth-order valence-electron chi connectivity index (χ4n) is 3.48. The van der Waals surface area contributed by atoms with E-state index in [0.717, 1.165) is 34.6 Å². The molecule has 0 unspecified atom stereocenters. The number of thiophene rings is 1. The molecule has 3 rings (SSSR count). The number of hydrogen-bond acceptors (Lipinski definition) is 5.